The molecule has 0 saturated carbocycles. The first kappa shape index (κ1) is 10.4. The van der Waals surface area contributed by atoms with Gasteiger partial charge in [0.05, 0.1) is 12.2 Å². The third-order valence-electron chi connectivity index (χ3n) is 2.20. The zero-order valence-electron chi connectivity index (χ0n) is 8.86. The second-order valence-electron chi connectivity index (χ2n) is 3.54. The van der Waals surface area contributed by atoms with E-state index in [2.05, 4.69) is 34.1 Å². The molecule has 2 rings (SSSR count). The number of oxazole rings is 1. The van der Waals surface area contributed by atoms with Crippen molar-refractivity contribution in [3.63, 3.8) is 0 Å². The van der Waals surface area contributed by atoms with E-state index in [0.29, 0.717) is 0 Å². The molecule has 80 valence electrons. The maximum absolute atomic E-state index is 5.44. The van der Waals surface area contributed by atoms with Gasteiger partial charge in [-0.05, 0) is 36.2 Å². The molecule has 2 aromatic heterocycles. The molecule has 1 unspecified atom stereocenters. The van der Waals surface area contributed by atoms with Crippen LogP contribution in [0.5, 0.6) is 0 Å². The van der Waals surface area contributed by atoms with Crippen LogP contribution < -0.4 is 5.32 Å². The summed E-state index contributed by atoms with van der Waals surface area (Å²) in [6.07, 6.45) is 1.75. The molecule has 0 fully saturated rings. The van der Waals surface area contributed by atoms with Gasteiger partial charge in [-0.1, -0.05) is 0 Å². The predicted molar refractivity (Wildman–Crippen MR) is 60.8 cm³/mol. The van der Waals surface area contributed by atoms with E-state index in [1.807, 2.05) is 6.92 Å². The zero-order chi connectivity index (χ0) is 10.7. The minimum atomic E-state index is 0.151. The topological polar surface area (TPSA) is 38.1 Å². The van der Waals surface area contributed by atoms with Crippen molar-refractivity contribution in [1.29, 1.82) is 0 Å². The van der Waals surface area contributed by atoms with Crippen LogP contribution in [0.25, 0.3) is 0 Å². The third-order valence-corrected chi connectivity index (χ3v) is 2.93. The number of aryl methyl sites for hydroxylation is 1. The highest BCUT2D eigenvalue weighted by Gasteiger charge is 2.10. The quantitative estimate of drug-likeness (QED) is 0.864. The number of nitrogens with one attached hydrogen (secondary N) is 1. The van der Waals surface area contributed by atoms with Gasteiger partial charge in [0.2, 0.25) is 5.89 Å². The standard InChI is InChI=1S/C11H14N2OS/c1-8-5-13-11(14-8)9(2)12-6-10-3-4-15-7-10/h3-5,7,9,12H,6H2,1-2H3. The number of thiophene rings is 1. The van der Waals surface area contributed by atoms with Gasteiger partial charge in [0.15, 0.2) is 0 Å². The van der Waals surface area contributed by atoms with E-state index in [1.165, 1.54) is 5.56 Å². The van der Waals surface area contributed by atoms with Gasteiger partial charge in [-0.25, -0.2) is 4.98 Å². The molecule has 1 N–H and O–H groups in total. The van der Waals surface area contributed by atoms with Crippen molar-refractivity contribution in [2.75, 3.05) is 0 Å². The summed E-state index contributed by atoms with van der Waals surface area (Å²) in [7, 11) is 0. The van der Waals surface area contributed by atoms with E-state index >= 15 is 0 Å². The van der Waals surface area contributed by atoms with Crippen molar-refractivity contribution in [3.8, 4) is 0 Å². The lowest BCUT2D eigenvalue weighted by Gasteiger charge is -2.08. The van der Waals surface area contributed by atoms with Gasteiger partial charge in [0, 0.05) is 6.54 Å². The van der Waals surface area contributed by atoms with Gasteiger partial charge >= 0.3 is 0 Å². The largest absolute Gasteiger partial charge is 0.444 e. The molecule has 2 aromatic rings. The van der Waals surface area contributed by atoms with E-state index in [4.69, 9.17) is 4.42 Å². The van der Waals surface area contributed by atoms with Crippen molar-refractivity contribution < 1.29 is 4.42 Å². The highest BCUT2D eigenvalue weighted by atomic mass is 32.1. The van der Waals surface area contributed by atoms with Crippen LogP contribution in [-0.2, 0) is 6.54 Å². The molecule has 0 aliphatic heterocycles. The van der Waals surface area contributed by atoms with Crippen molar-refractivity contribution in [3.05, 3.63) is 40.2 Å². The Balaban J connectivity index is 1.90. The van der Waals surface area contributed by atoms with Gasteiger partial charge in [0.1, 0.15) is 5.76 Å². The lowest BCUT2D eigenvalue weighted by Crippen LogP contribution is -2.17. The summed E-state index contributed by atoms with van der Waals surface area (Å²) < 4.78 is 5.44. The Morgan fingerprint density at radius 3 is 3.07 bits per heavy atom. The molecule has 2 heterocycles. The molecule has 0 saturated heterocycles. The van der Waals surface area contributed by atoms with Crippen molar-refractivity contribution in [2.24, 2.45) is 0 Å². The van der Waals surface area contributed by atoms with Crippen LogP contribution in [-0.4, -0.2) is 4.98 Å². The summed E-state index contributed by atoms with van der Waals surface area (Å²) in [5, 5.41) is 7.58. The van der Waals surface area contributed by atoms with Gasteiger partial charge in [-0.3, -0.25) is 0 Å². The van der Waals surface area contributed by atoms with Crippen molar-refractivity contribution in [2.45, 2.75) is 26.4 Å². The fraction of sp³-hybridized carbons (Fsp3) is 0.364. The summed E-state index contributed by atoms with van der Waals surface area (Å²) in [5.41, 5.74) is 1.30. The molecule has 0 radical (unpaired) electrons. The van der Waals surface area contributed by atoms with E-state index in [9.17, 15) is 0 Å². The molecular weight excluding hydrogens is 208 g/mol. The highest BCUT2D eigenvalue weighted by Crippen LogP contribution is 2.13. The minimum absolute atomic E-state index is 0.151. The molecule has 0 bridgehead atoms. The van der Waals surface area contributed by atoms with Crippen molar-refractivity contribution in [1.82, 2.24) is 10.3 Å². The Labute approximate surface area is 93.2 Å². The second-order valence-corrected chi connectivity index (χ2v) is 4.32. The molecule has 0 aromatic carbocycles. The smallest absolute Gasteiger partial charge is 0.211 e. The molecule has 3 nitrogen and oxygen atoms in total. The van der Waals surface area contributed by atoms with E-state index in [-0.39, 0.29) is 6.04 Å². The Morgan fingerprint density at radius 1 is 1.60 bits per heavy atom. The summed E-state index contributed by atoms with van der Waals surface area (Å²) in [6.45, 7) is 4.81. The fourth-order valence-electron chi connectivity index (χ4n) is 1.32. The van der Waals surface area contributed by atoms with Crippen LogP contribution in [0.1, 0.15) is 30.2 Å². The third kappa shape index (κ3) is 2.67. The lowest BCUT2D eigenvalue weighted by molar-refractivity contribution is 0.402. The van der Waals surface area contributed by atoms with E-state index in [0.717, 1.165) is 18.2 Å². The molecule has 0 spiro atoms. The predicted octanol–water partition coefficient (Wildman–Crippen LogP) is 2.90. The monoisotopic (exact) mass is 222 g/mol. The molecule has 0 aliphatic carbocycles. The molecule has 1 atom stereocenters. The van der Waals surface area contributed by atoms with Gasteiger partial charge in [-0.2, -0.15) is 11.3 Å². The van der Waals surface area contributed by atoms with Crippen LogP contribution in [0.15, 0.2) is 27.4 Å². The van der Waals surface area contributed by atoms with Gasteiger partial charge in [0.25, 0.3) is 0 Å². The van der Waals surface area contributed by atoms with Gasteiger partial charge < -0.3 is 9.73 Å². The summed E-state index contributed by atoms with van der Waals surface area (Å²) in [4.78, 5) is 4.19. The minimum Gasteiger partial charge on any atom is -0.444 e. The molecule has 15 heavy (non-hydrogen) atoms. The number of nitrogens with zero attached hydrogens (tertiary/aromatic N) is 1. The Bertz CT molecular complexity index is 408. The number of aromatic nitrogens is 1. The van der Waals surface area contributed by atoms with Crippen LogP contribution in [0, 0.1) is 6.92 Å². The number of rotatable bonds is 4. The molecular formula is C11H14N2OS. The van der Waals surface area contributed by atoms with Crippen LogP contribution in [0.2, 0.25) is 0 Å². The van der Waals surface area contributed by atoms with Gasteiger partial charge in [-0.15, -0.1) is 0 Å². The Kier molecular flexibility index (Phi) is 3.18. The molecule has 4 heteroatoms. The van der Waals surface area contributed by atoms with Crippen LogP contribution in [0.4, 0.5) is 0 Å². The molecule has 0 amide bonds. The average Bonchev–Trinajstić information content (AvgIpc) is 2.84. The first-order valence-electron chi connectivity index (χ1n) is 4.92. The summed E-state index contributed by atoms with van der Waals surface area (Å²) in [5.74, 6) is 1.61. The highest BCUT2D eigenvalue weighted by molar-refractivity contribution is 7.07. The number of hydrogen-bond donors (Lipinski definition) is 1. The van der Waals surface area contributed by atoms with E-state index < -0.39 is 0 Å². The first-order valence-corrected chi connectivity index (χ1v) is 5.87. The maximum Gasteiger partial charge on any atom is 0.211 e. The SMILES string of the molecule is Cc1cnc(C(C)NCc2ccsc2)o1. The van der Waals surface area contributed by atoms with Crippen molar-refractivity contribution >= 4 is 11.3 Å². The summed E-state index contributed by atoms with van der Waals surface area (Å²) >= 11 is 1.71. The fourth-order valence-corrected chi connectivity index (χ4v) is 1.99. The lowest BCUT2D eigenvalue weighted by atomic mass is 10.3. The Morgan fingerprint density at radius 2 is 2.47 bits per heavy atom. The maximum atomic E-state index is 5.44. The normalized spacial score (nSPS) is 12.9. The summed E-state index contributed by atoms with van der Waals surface area (Å²) in [6, 6.07) is 2.27. The van der Waals surface area contributed by atoms with Crippen LogP contribution in [0.3, 0.4) is 0 Å². The van der Waals surface area contributed by atoms with Crippen LogP contribution >= 0.6 is 11.3 Å². The average molecular weight is 222 g/mol. The second kappa shape index (κ2) is 4.59. The first-order chi connectivity index (χ1) is 7.25. The number of hydrogen-bond acceptors (Lipinski definition) is 4. The van der Waals surface area contributed by atoms with E-state index in [1.54, 1.807) is 17.5 Å². The zero-order valence-corrected chi connectivity index (χ0v) is 9.67. The Hall–Kier alpha value is -1.13. The molecule has 0 aliphatic rings.